The van der Waals surface area contributed by atoms with Gasteiger partial charge in [-0.2, -0.15) is 0 Å². The molecule has 1 unspecified atom stereocenters. The van der Waals surface area contributed by atoms with Gasteiger partial charge in [-0.15, -0.1) is 0 Å². The van der Waals surface area contributed by atoms with Gasteiger partial charge in [-0.05, 0) is 27.7 Å². The second-order valence-corrected chi connectivity index (χ2v) is 4.35. The molecule has 0 aromatic rings. The molecule has 4 heteroatoms. The van der Waals surface area contributed by atoms with E-state index in [1.54, 1.807) is 20.8 Å². The summed E-state index contributed by atoms with van der Waals surface area (Å²) in [4.78, 5) is 22.8. The number of hydrogen-bond acceptors (Lipinski definition) is 4. The van der Waals surface area contributed by atoms with Gasteiger partial charge in [0.2, 0.25) is 0 Å². The standard InChI is InChI=1S/C12H18O4/c1-7-15-10(13)8(2)9(3)11(14)16-12(4,5)6/h7-8H,1,3H2,2,4-6H3. The van der Waals surface area contributed by atoms with E-state index in [1.165, 1.54) is 6.92 Å². The number of hydrogen-bond donors (Lipinski definition) is 0. The number of rotatable bonds is 4. The van der Waals surface area contributed by atoms with Gasteiger partial charge in [0.25, 0.3) is 0 Å². The Labute approximate surface area is 95.9 Å². The smallest absolute Gasteiger partial charge is 0.334 e. The van der Waals surface area contributed by atoms with Crippen molar-refractivity contribution in [1.29, 1.82) is 0 Å². The highest BCUT2D eigenvalue weighted by molar-refractivity contribution is 5.95. The van der Waals surface area contributed by atoms with E-state index in [0.717, 1.165) is 6.26 Å². The van der Waals surface area contributed by atoms with Gasteiger partial charge in [0.05, 0.1) is 12.2 Å². The van der Waals surface area contributed by atoms with Crippen LogP contribution in [0.2, 0.25) is 0 Å². The maximum absolute atomic E-state index is 11.6. The van der Waals surface area contributed by atoms with Crippen LogP contribution < -0.4 is 0 Å². The average molecular weight is 226 g/mol. The Morgan fingerprint density at radius 1 is 1.31 bits per heavy atom. The highest BCUT2D eigenvalue weighted by atomic mass is 16.6. The van der Waals surface area contributed by atoms with Crippen molar-refractivity contribution in [2.45, 2.75) is 33.3 Å². The SMILES string of the molecule is C=COC(=O)C(C)C(=C)C(=O)OC(C)(C)C. The van der Waals surface area contributed by atoms with E-state index in [1.807, 2.05) is 0 Å². The van der Waals surface area contributed by atoms with E-state index in [-0.39, 0.29) is 5.57 Å². The summed E-state index contributed by atoms with van der Waals surface area (Å²) < 4.78 is 9.64. The van der Waals surface area contributed by atoms with Gasteiger partial charge in [0.1, 0.15) is 5.60 Å². The van der Waals surface area contributed by atoms with E-state index in [9.17, 15) is 9.59 Å². The molecule has 0 saturated heterocycles. The Hall–Kier alpha value is -1.58. The van der Waals surface area contributed by atoms with Crippen LogP contribution in [-0.2, 0) is 19.1 Å². The molecule has 90 valence electrons. The average Bonchev–Trinajstić information content (AvgIpc) is 2.13. The Morgan fingerprint density at radius 2 is 1.81 bits per heavy atom. The summed E-state index contributed by atoms with van der Waals surface area (Å²) >= 11 is 0. The highest BCUT2D eigenvalue weighted by Crippen LogP contribution is 2.16. The monoisotopic (exact) mass is 226 g/mol. The summed E-state index contributed by atoms with van der Waals surface area (Å²) in [6.45, 7) is 13.5. The van der Waals surface area contributed by atoms with Crippen LogP contribution in [0, 0.1) is 5.92 Å². The summed E-state index contributed by atoms with van der Waals surface area (Å²) in [6, 6.07) is 0. The largest absolute Gasteiger partial charge is 0.457 e. The van der Waals surface area contributed by atoms with Crippen molar-refractivity contribution in [3.8, 4) is 0 Å². The van der Waals surface area contributed by atoms with Gasteiger partial charge < -0.3 is 9.47 Å². The van der Waals surface area contributed by atoms with Gasteiger partial charge in [0, 0.05) is 5.57 Å². The predicted octanol–water partition coefficient (Wildman–Crippen LogP) is 2.21. The number of carbonyl (C=O) groups excluding carboxylic acids is 2. The molecular weight excluding hydrogens is 208 g/mol. The third kappa shape index (κ3) is 4.77. The molecule has 0 radical (unpaired) electrons. The van der Waals surface area contributed by atoms with E-state index >= 15 is 0 Å². The molecule has 0 saturated carbocycles. The van der Waals surface area contributed by atoms with E-state index in [2.05, 4.69) is 17.9 Å². The van der Waals surface area contributed by atoms with Gasteiger partial charge in [0.15, 0.2) is 0 Å². The van der Waals surface area contributed by atoms with Crippen LogP contribution in [0.15, 0.2) is 25.0 Å². The third-order valence-electron chi connectivity index (χ3n) is 1.74. The number of carbonyl (C=O) groups is 2. The Bertz CT molecular complexity index is 309. The van der Waals surface area contributed by atoms with Gasteiger partial charge in [-0.1, -0.05) is 13.2 Å². The Balaban J connectivity index is 4.50. The molecule has 0 fully saturated rings. The lowest BCUT2D eigenvalue weighted by Crippen LogP contribution is -2.28. The predicted molar refractivity (Wildman–Crippen MR) is 60.4 cm³/mol. The number of esters is 2. The first-order valence-corrected chi connectivity index (χ1v) is 4.92. The van der Waals surface area contributed by atoms with Crippen LogP contribution in [0.4, 0.5) is 0 Å². The molecule has 0 aromatic heterocycles. The molecule has 0 spiro atoms. The number of ether oxygens (including phenoxy) is 2. The quantitative estimate of drug-likeness (QED) is 0.419. The molecule has 0 amide bonds. The zero-order valence-corrected chi connectivity index (χ0v) is 10.2. The first-order chi connectivity index (χ1) is 7.19. The van der Waals surface area contributed by atoms with E-state index in [0.29, 0.717) is 0 Å². The van der Waals surface area contributed by atoms with E-state index < -0.39 is 23.5 Å². The molecule has 0 N–H and O–H groups in total. The van der Waals surface area contributed by atoms with Gasteiger partial charge in [-0.25, -0.2) is 4.79 Å². The fraction of sp³-hybridized carbons (Fsp3) is 0.500. The van der Waals surface area contributed by atoms with Crippen molar-refractivity contribution in [2.24, 2.45) is 5.92 Å². The van der Waals surface area contributed by atoms with Crippen molar-refractivity contribution in [1.82, 2.24) is 0 Å². The fourth-order valence-electron chi connectivity index (χ4n) is 0.847. The van der Waals surface area contributed by atoms with Crippen LogP contribution in [0.3, 0.4) is 0 Å². The molecule has 4 nitrogen and oxygen atoms in total. The molecule has 0 heterocycles. The topological polar surface area (TPSA) is 52.6 Å². The minimum absolute atomic E-state index is 0.0711. The van der Waals surface area contributed by atoms with Crippen molar-refractivity contribution >= 4 is 11.9 Å². The molecule has 16 heavy (non-hydrogen) atoms. The maximum Gasteiger partial charge on any atom is 0.334 e. The lowest BCUT2D eigenvalue weighted by Gasteiger charge is -2.21. The van der Waals surface area contributed by atoms with Gasteiger partial charge >= 0.3 is 11.9 Å². The summed E-state index contributed by atoms with van der Waals surface area (Å²) in [5, 5.41) is 0. The van der Waals surface area contributed by atoms with Crippen molar-refractivity contribution in [3.05, 3.63) is 25.0 Å². The minimum atomic E-state index is -0.743. The summed E-state index contributed by atoms with van der Waals surface area (Å²) in [5.41, 5.74) is -0.538. The lowest BCUT2D eigenvalue weighted by molar-refractivity contribution is -0.153. The normalized spacial score (nSPS) is 12.5. The maximum atomic E-state index is 11.6. The van der Waals surface area contributed by atoms with Gasteiger partial charge in [-0.3, -0.25) is 4.79 Å². The van der Waals surface area contributed by atoms with Crippen molar-refractivity contribution in [2.75, 3.05) is 0 Å². The Kier molecular flexibility index (Phi) is 4.95. The molecule has 0 aliphatic carbocycles. The first kappa shape index (κ1) is 14.4. The van der Waals surface area contributed by atoms with Crippen LogP contribution in [0.25, 0.3) is 0 Å². The molecule has 0 aliphatic rings. The van der Waals surface area contributed by atoms with Crippen molar-refractivity contribution in [3.63, 3.8) is 0 Å². The molecule has 1 atom stereocenters. The summed E-state index contributed by atoms with van der Waals surface area (Å²) in [6.07, 6.45) is 1.02. The lowest BCUT2D eigenvalue weighted by atomic mass is 10.0. The molecule has 0 rings (SSSR count). The Morgan fingerprint density at radius 3 is 2.19 bits per heavy atom. The fourth-order valence-corrected chi connectivity index (χ4v) is 0.847. The van der Waals surface area contributed by atoms with E-state index in [4.69, 9.17) is 4.74 Å². The second kappa shape index (κ2) is 5.49. The van der Waals surface area contributed by atoms with Crippen LogP contribution in [0.5, 0.6) is 0 Å². The molecule has 0 aromatic carbocycles. The van der Waals surface area contributed by atoms with Crippen LogP contribution in [-0.4, -0.2) is 17.5 Å². The zero-order chi connectivity index (χ0) is 12.9. The third-order valence-corrected chi connectivity index (χ3v) is 1.74. The first-order valence-electron chi connectivity index (χ1n) is 4.92. The molecule has 0 aliphatic heterocycles. The molecule has 0 bridgehead atoms. The summed E-state index contributed by atoms with van der Waals surface area (Å²) in [7, 11) is 0. The summed E-state index contributed by atoms with van der Waals surface area (Å²) in [5.74, 6) is -1.92. The highest BCUT2D eigenvalue weighted by Gasteiger charge is 2.26. The van der Waals surface area contributed by atoms with Crippen molar-refractivity contribution < 1.29 is 19.1 Å². The van der Waals surface area contributed by atoms with Crippen LogP contribution >= 0.6 is 0 Å². The zero-order valence-electron chi connectivity index (χ0n) is 10.2. The molecular formula is C12H18O4. The van der Waals surface area contributed by atoms with Crippen LogP contribution in [0.1, 0.15) is 27.7 Å². The minimum Gasteiger partial charge on any atom is -0.457 e. The second-order valence-electron chi connectivity index (χ2n) is 4.35.